The largest absolute Gasteiger partial charge is 0.269 e. The third-order valence-corrected chi connectivity index (χ3v) is 3.09. The summed E-state index contributed by atoms with van der Waals surface area (Å²) in [6.45, 7) is 2.00. The van der Waals surface area contributed by atoms with Crippen molar-refractivity contribution in [3.8, 4) is 17.2 Å². The Morgan fingerprint density at radius 2 is 1.82 bits per heavy atom. The lowest BCUT2D eigenvalue weighted by Crippen LogP contribution is -1.91. The summed E-state index contributed by atoms with van der Waals surface area (Å²) < 4.78 is 10.7. The molecule has 0 heterocycles. The molecule has 82 valence electrons. The summed E-state index contributed by atoms with van der Waals surface area (Å²) in [5.41, 5.74) is 3.66. The minimum Gasteiger partial charge on any atom is -0.269 e. The van der Waals surface area contributed by atoms with E-state index in [9.17, 15) is 4.57 Å². The Hall–Kier alpha value is -1.97. The van der Waals surface area contributed by atoms with Crippen molar-refractivity contribution in [1.29, 1.82) is 5.26 Å². The van der Waals surface area contributed by atoms with Crippen LogP contribution >= 0.6 is 8.46 Å². The second-order valence-electron chi connectivity index (χ2n) is 3.80. The van der Waals surface area contributed by atoms with Gasteiger partial charge in [-0.2, -0.15) is 5.26 Å². The van der Waals surface area contributed by atoms with E-state index in [0.717, 1.165) is 22.0 Å². The van der Waals surface area contributed by atoms with Crippen molar-refractivity contribution >= 4 is 13.8 Å². The molecule has 17 heavy (non-hydrogen) atoms. The van der Waals surface area contributed by atoms with Crippen molar-refractivity contribution in [2.45, 2.75) is 6.92 Å². The molecular weight excluding hydrogens is 229 g/mol. The molecule has 0 aliphatic heterocycles. The van der Waals surface area contributed by atoms with Gasteiger partial charge in [0.1, 0.15) is 0 Å². The number of benzene rings is 2. The van der Waals surface area contributed by atoms with Gasteiger partial charge in [-0.25, -0.2) is 0 Å². The van der Waals surface area contributed by atoms with E-state index in [1.807, 2.05) is 37.3 Å². The van der Waals surface area contributed by atoms with Crippen LogP contribution in [-0.4, -0.2) is 0 Å². The fraction of sp³-hybridized carbons (Fsp3) is 0.0714. The standard InChI is InChI=1S/C14H10NOP/c1-10-2-3-12(9-15)14(8-10)11-4-6-13(17-16)7-5-11/h2-8H,1H3. The molecule has 0 fully saturated rings. The molecule has 2 aromatic carbocycles. The third-order valence-electron chi connectivity index (χ3n) is 2.58. The van der Waals surface area contributed by atoms with Gasteiger partial charge in [0.2, 0.25) is 0 Å². The first-order chi connectivity index (χ1) is 8.24. The highest BCUT2D eigenvalue weighted by atomic mass is 31.1. The third kappa shape index (κ3) is 2.41. The Morgan fingerprint density at radius 1 is 1.12 bits per heavy atom. The molecule has 0 atom stereocenters. The summed E-state index contributed by atoms with van der Waals surface area (Å²) in [6, 6.07) is 15.3. The van der Waals surface area contributed by atoms with Crippen molar-refractivity contribution in [3.05, 3.63) is 53.6 Å². The van der Waals surface area contributed by atoms with Crippen LogP contribution in [0, 0.1) is 18.3 Å². The molecule has 3 heteroatoms. The van der Waals surface area contributed by atoms with Gasteiger partial charge in [-0.3, -0.25) is 4.57 Å². The van der Waals surface area contributed by atoms with E-state index in [1.54, 1.807) is 12.1 Å². The Labute approximate surface area is 102 Å². The Bertz CT molecular complexity index is 597. The van der Waals surface area contributed by atoms with Crippen molar-refractivity contribution < 1.29 is 4.57 Å². The molecule has 0 aliphatic carbocycles. The van der Waals surface area contributed by atoms with Crippen molar-refractivity contribution in [2.24, 2.45) is 0 Å². The first-order valence-corrected chi connectivity index (χ1v) is 6.00. The number of hydrogen-bond acceptors (Lipinski definition) is 2. The van der Waals surface area contributed by atoms with E-state index in [1.165, 1.54) is 0 Å². The number of hydrogen-bond donors (Lipinski definition) is 0. The van der Waals surface area contributed by atoms with Gasteiger partial charge in [0, 0.05) is 5.30 Å². The number of nitriles is 1. The van der Waals surface area contributed by atoms with Crippen molar-refractivity contribution in [3.63, 3.8) is 0 Å². The van der Waals surface area contributed by atoms with Gasteiger partial charge >= 0.3 is 0 Å². The maximum atomic E-state index is 10.7. The predicted molar refractivity (Wildman–Crippen MR) is 68.6 cm³/mol. The van der Waals surface area contributed by atoms with E-state index in [-0.39, 0.29) is 8.46 Å². The number of rotatable bonds is 2. The van der Waals surface area contributed by atoms with Crippen molar-refractivity contribution in [2.75, 3.05) is 0 Å². The molecule has 0 bridgehead atoms. The first kappa shape index (κ1) is 11.5. The summed E-state index contributed by atoms with van der Waals surface area (Å²) in [5, 5.41) is 9.81. The molecule has 0 saturated heterocycles. The highest BCUT2D eigenvalue weighted by Gasteiger charge is 2.05. The van der Waals surface area contributed by atoms with Crippen LogP contribution in [0.2, 0.25) is 0 Å². The average Bonchev–Trinajstić information content (AvgIpc) is 2.39. The molecule has 0 radical (unpaired) electrons. The zero-order chi connectivity index (χ0) is 12.3. The Kier molecular flexibility index (Phi) is 3.32. The van der Waals surface area contributed by atoms with Crippen LogP contribution in [0.25, 0.3) is 11.1 Å². The fourth-order valence-corrected chi connectivity index (χ4v) is 1.97. The summed E-state index contributed by atoms with van der Waals surface area (Å²) in [7, 11) is 0.0175. The zero-order valence-electron chi connectivity index (χ0n) is 9.34. The number of aryl methyl sites for hydroxylation is 1. The first-order valence-electron chi connectivity index (χ1n) is 5.19. The lowest BCUT2D eigenvalue weighted by atomic mass is 9.98. The molecule has 2 rings (SSSR count). The highest BCUT2D eigenvalue weighted by Crippen LogP contribution is 2.24. The number of nitrogens with zero attached hydrogens (tertiary/aromatic N) is 1. The van der Waals surface area contributed by atoms with Crippen molar-refractivity contribution in [1.82, 2.24) is 0 Å². The van der Waals surface area contributed by atoms with Gasteiger partial charge in [0.05, 0.1) is 11.6 Å². The van der Waals surface area contributed by atoms with Gasteiger partial charge in [0.25, 0.3) is 0 Å². The zero-order valence-corrected chi connectivity index (χ0v) is 10.2. The molecule has 2 aromatic rings. The summed E-state index contributed by atoms with van der Waals surface area (Å²) in [5.74, 6) is 0. The maximum absolute atomic E-state index is 10.7. The predicted octanol–water partition coefficient (Wildman–Crippen LogP) is 3.45. The second kappa shape index (κ2) is 4.91. The summed E-state index contributed by atoms with van der Waals surface area (Å²) >= 11 is 0. The minimum atomic E-state index is 0.0175. The lowest BCUT2D eigenvalue weighted by molar-refractivity contribution is 0.603. The topological polar surface area (TPSA) is 40.9 Å². The van der Waals surface area contributed by atoms with Gasteiger partial charge in [-0.1, -0.05) is 29.8 Å². The van der Waals surface area contributed by atoms with Gasteiger partial charge < -0.3 is 0 Å². The average molecular weight is 239 g/mol. The van der Waals surface area contributed by atoms with Crippen LogP contribution in [0.4, 0.5) is 0 Å². The van der Waals surface area contributed by atoms with E-state index in [2.05, 4.69) is 6.07 Å². The molecule has 0 spiro atoms. The van der Waals surface area contributed by atoms with E-state index >= 15 is 0 Å². The van der Waals surface area contributed by atoms with E-state index in [4.69, 9.17) is 5.26 Å². The Morgan fingerprint density at radius 3 is 2.41 bits per heavy atom. The van der Waals surface area contributed by atoms with Crippen LogP contribution in [-0.2, 0) is 4.57 Å². The fourth-order valence-electron chi connectivity index (χ4n) is 1.70. The van der Waals surface area contributed by atoms with Gasteiger partial charge in [-0.05, 0) is 36.2 Å². The SMILES string of the molecule is Cc1ccc(C#N)c(-c2ccc(P=O)cc2)c1. The molecule has 2 nitrogen and oxygen atoms in total. The van der Waals surface area contributed by atoms with Crippen LogP contribution < -0.4 is 5.30 Å². The van der Waals surface area contributed by atoms with Crippen LogP contribution in [0.5, 0.6) is 0 Å². The monoisotopic (exact) mass is 239 g/mol. The van der Waals surface area contributed by atoms with E-state index < -0.39 is 0 Å². The molecule has 0 aliphatic rings. The molecule has 0 aromatic heterocycles. The highest BCUT2D eigenvalue weighted by molar-refractivity contribution is 7.34. The van der Waals surface area contributed by atoms with Gasteiger partial charge in [-0.15, -0.1) is 0 Å². The van der Waals surface area contributed by atoms with Crippen LogP contribution in [0.1, 0.15) is 11.1 Å². The normalized spacial score (nSPS) is 10.1. The Balaban J connectivity index is 2.55. The molecule has 0 unspecified atom stereocenters. The molecule has 0 N–H and O–H groups in total. The maximum Gasteiger partial charge on any atom is 0.192 e. The van der Waals surface area contributed by atoms with Crippen LogP contribution in [0.15, 0.2) is 42.5 Å². The van der Waals surface area contributed by atoms with E-state index in [0.29, 0.717) is 5.56 Å². The molecule has 0 amide bonds. The lowest BCUT2D eigenvalue weighted by Gasteiger charge is -2.05. The quantitative estimate of drug-likeness (QED) is 0.753. The summed E-state index contributed by atoms with van der Waals surface area (Å²) in [6.07, 6.45) is 0. The van der Waals surface area contributed by atoms with Gasteiger partial charge in [0.15, 0.2) is 8.46 Å². The summed E-state index contributed by atoms with van der Waals surface area (Å²) in [4.78, 5) is 0. The molecule has 0 saturated carbocycles. The van der Waals surface area contributed by atoms with Crippen LogP contribution in [0.3, 0.4) is 0 Å². The second-order valence-corrected chi connectivity index (χ2v) is 4.50. The smallest absolute Gasteiger partial charge is 0.192 e. The molecular formula is C14H10NOP. The minimum absolute atomic E-state index is 0.0175.